The van der Waals surface area contributed by atoms with Crippen molar-refractivity contribution >= 4 is 27.3 Å². The minimum Gasteiger partial charge on any atom is -0.421 e. The van der Waals surface area contributed by atoms with Crippen molar-refractivity contribution in [2.45, 2.75) is 31.8 Å². The molecular weight excluding hydrogens is 435 g/mol. The molecule has 0 aromatic heterocycles. The molecule has 0 amide bonds. The minimum atomic E-state index is -6.72. The highest BCUT2D eigenvalue weighted by atomic mass is 32.3. The van der Waals surface area contributed by atoms with E-state index in [0.29, 0.717) is 0 Å². The molecule has 0 aliphatic heterocycles. The van der Waals surface area contributed by atoms with Gasteiger partial charge in [-0.15, -0.1) is 0 Å². The standard InChI is InChI=1S/C9H22OP.C2F6NO4S2/c1-5-11(6-2,7-3)9-8-10-4;3-1(4,5)14(10,11)9-15(12,13)2(6,7)8/h5-9H2,1-4H3;/q+1;-1. The normalized spacial score (nSPS) is 13.9. The van der Waals surface area contributed by atoms with Gasteiger partial charge >= 0.3 is 11.0 Å². The molecule has 26 heavy (non-hydrogen) atoms. The fourth-order valence-corrected chi connectivity index (χ4v) is 6.21. The number of sulfonamides is 2. The first-order valence-corrected chi connectivity index (χ1v) is 12.6. The molecule has 0 saturated carbocycles. The van der Waals surface area contributed by atoms with Crippen molar-refractivity contribution in [2.24, 2.45) is 0 Å². The second-order valence-corrected chi connectivity index (χ2v) is 13.4. The molecule has 0 atom stereocenters. The van der Waals surface area contributed by atoms with Gasteiger partial charge in [0.1, 0.15) is 0 Å². The number of methoxy groups -OCH3 is 1. The fourth-order valence-electron chi connectivity index (χ4n) is 1.64. The molecule has 0 saturated heterocycles. The number of halogens is 6. The molecule has 0 radical (unpaired) electrons. The van der Waals surface area contributed by atoms with Gasteiger partial charge in [-0.05, 0) is 20.8 Å². The van der Waals surface area contributed by atoms with Gasteiger partial charge in [0.25, 0.3) is 0 Å². The van der Waals surface area contributed by atoms with Crippen LogP contribution < -0.4 is 0 Å². The van der Waals surface area contributed by atoms with Crippen LogP contribution in [0.5, 0.6) is 0 Å². The van der Waals surface area contributed by atoms with Crippen molar-refractivity contribution in [1.82, 2.24) is 0 Å². The summed E-state index contributed by atoms with van der Waals surface area (Å²) in [6.07, 6.45) is 5.50. The van der Waals surface area contributed by atoms with Crippen molar-refractivity contribution in [3.63, 3.8) is 0 Å². The van der Waals surface area contributed by atoms with E-state index in [-0.39, 0.29) is 0 Å². The maximum absolute atomic E-state index is 11.4. The van der Waals surface area contributed by atoms with E-state index >= 15 is 0 Å². The van der Waals surface area contributed by atoms with E-state index in [2.05, 4.69) is 20.8 Å². The zero-order chi connectivity index (χ0) is 21.4. The Morgan fingerprint density at radius 3 is 1.31 bits per heavy atom. The van der Waals surface area contributed by atoms with Crippen LogP contribution >= 0.6 is 7.26 Å². The van der Waals surface area contributed by atoms with E-state index in [1.54, 1.807) is 7.11 Å². The Bertz CT molecular complexity index is 564. The van der Waals surface area contributed by atoms with E-state index < -0.39 is 38.3 Å². The Kier molecular flexibility index (Phi) is 11.2. The number of rotatable bonds is 8. The summed E-state index contributed by atoms with van der Waals surface area (Å²) in [5.74, 6) is 0. The van der Waals surface area contributed by atoms with E-state index in [9.17, 15) is 43.2 Å². The molecule has 160 valence electrons. The second-order valence-electron chi connectivity index (χ2n) is 4.92. The minimum absolute atomic E-state index is 0.580. The zero-order valence-corrected chi connectivity index (χ0v) is 17.1. The van der Waals surface area contributed by atoms with Crippen molar-refractivity contribution in [2.75, 3.05) is 38.4 Å². The second kappa shape index (κ2) is 10.4. The van der Waals surface area contributed by atoms with Gasteiger partial charge in [0.05, 0.1) is 31.3 Å². The summed E-state index contributed by atoms with van der Waals surface area (Å²) in [5, 5.41) is 0. The lowest BCUT2D eigenvalue weighted by Crippen LogP contribution is -2.30. The van der Waals surface area contributed by atoms with Crippen molar-refractivity contribution < 1.29 is 47.9 Å². The summed E-state index contributed by atoms with van der Waals surface area (Å²) in [6.45, 7) is 7.95. The lowest BCUT2D eigenvalue weighted by molar-refractivity contribution is -0.0444. The van der Waals surface area contributed by atoms with Crippen LogP contribution in [-0.4, -0.2) is 66.2 Å². The van der Waals surface area contributed by atoms with Gasteiger partial charge in [-0.1, -0.05) is 0 Å². The Morgan fingerprint density at radius 1 is 0.808 bits per heavy atom. The molecular formula is C11H22F6NO5PS2. The summed E-state index contributed by atoms with van der Waals surface area (Å²) in [4.78, 5) is 0. The molecule has 0 unspecified atom stereocenters. The van der Waals surface area contributed by atoms with Crippen LogP contribution in [-0.2, 0) is 24.8 Å². The molecule has 15 heteroatoms. The van der Waals surface area contributed by atoms with E-state index in [1.165, 1.54) is 24.6 Å². The van der Waals surface area contributed by atoms with E-state index in [1.807, 2.05) is 0 Å². The van der Waals surface area contributed by atoms with Gasteiger partial charge in [-0.25, -0.2) is 16.8 Å². The average Bonchev–Trinajstić information content (AvgIpc) is 2.47. The third-order valence-corrected chi connectivity index (χ3v) is 11.5. The number of nitrogens with zero attached hydrogens (tertiary/aromatic N) is 1. The predicted octanol–water partition coefficient (Wildman–Crippen LogP) is 3.77. The Balaban J connectivity index is 0. The monoisotopic (exact) mass is 457 g/mol. The Labute approximate surface area is 150 Å². The highest BCUT2D eigenvalue weighted by Gasteiger charge is 2.46. The van der Waals surface area contributed by atoms with Crippen molar-refractivity contribution in [3.8, 4) is 0 Å². The zero-order valence-electron chi connectivity index (χ0n) is 14.6. The maximum Gasteiger partial charge on any atom is 0.480 e. The topological polar surface area (TPSA) is 91.6 Å². The smallest absolute Gasteiger partial charge is 0.421 e. The summed E-state index contributed by atoms with van der Waals surface area (Å²) < 4.78 is 114. The highest BCUT2D eigenvalue weighted by molar-refractivity contribution is 8.13. The third kappa shape index (κ3) is 8.68. The molecule has 0 aromatic rings. The fraction of sp³-hybridized carbons (Fsp3) is 1.00. The molecule has 0 heterocycles. The van der Waals surface area contributed by atoms with E-state index in [0.717, 1.165) is 10.7 Å². The van der Waals surface area contributed by atoms with Crippen LogP contribution in [0.15, 0.2) is 0 Å². The SMILES string of the molecule is CC[P+](CC)(CC)CCOC.O=S(=O)([N-]S(=O)(=O)C(F)(F)F)C(F)(F)F. The molecule has 0 bridgehead atoms. The summed E-state index contributed by atoms with van der Waals surface area (Å²) in [6, 6.07) is 0. The average molecular weight is 457 g/mol. The van der Waals surface area contributed by atoms with Crippen LogP contribution in [0.3, 0.4) is 0 Å². The highest BCUT2D eigenvalue weighted by Crippen LogP contribution is 2.57. The Morgan fingerprint density at radius 2 is 1.12 bits per heavy atom. The van der Waals surface area contributed by atoms with Crippen LogP contribution in [0, 0.1) is 0 Å². The van der Waals surface area contributed by atoms with Crippen LogP contribution in [0.2, 0.25) is 0 Å². The summed E-state index contributed by atoms with van der Waals surface area (Å²) >= 11 is 0. The molecule has 0 fully saturated rings. The van der Waals surface area contributed by atoms with Gasteiger partial charge in [0.15, 0.2) is 20.0 Å². The van der Waals surface area contributed by atoms with E-state index in [4.69, 9.17) is 4.74 Å². The molecule has 0 aromatic carbocycles. The number of ether oxygens (including phenoxy) is 1. The lowest BCUT2D eigenvalue weighted by atomic mass is 10.8. The predicted molar refractivity (Wildman–Crippen MR) is 88.6 cm³/mol. The third-order valence-electron chi connectivity index (χ3n) is 3.56. The lowest BCUT2D eigenvalue weighted by Gasteiger charge is -2.22. The van der Waals surface area contributed by atoms with Gasteiger partial charge in [-0.2, -0.15) is 26.3 Å². The molecule has 0 spiro atoms. The van der Waals surface area contributed by atoms with Crippen LogP contribution in [0.4, 0.5) is 26.3 Å². The first kappa shape index (κ1) is 28.0. The molecule has 0 N–H and O–H groups in total. The van der Waals surface area contributed by atoms with Crippen LogP contribution in [0.25, 0.3) is 4.13 Å². The van der Waals surface area contributed by atoms with Gasteiger partial charge in [0, 0.05) is 14.4 Å². The van der Waals surface area contributed by atoms with Gasteiger partial charge < -0.3 is 8.86 Å². The number of alkyl halides is 6. The summed E-state index contributed by atoms with van der Waals surface area (Å²) in [7, 11) is -12.2. The maximum atomic E-state index is 11.4. The number of hydrogen-bond acceptors (Lipinski definition) is 5. The first-order chi connectivity index (χ1) is 11.4. The Hall–Kier alpha value is -0.170. The van der Waals surface area contributed by atoms with Gasteiger partial charge in [0.2, 0.25) is 0 Å². The quantitative estimate of drug-likeness (QED) is 0.409. The van der Waals surface area contributed by atoms with Crippen LogP contribution in [0.1, 0.15) is 20.8 Å². The molecule has 0 rings (SSSR count). The summed E-state index contributed by atoms with van der Waals surface area (Å²) in [5.41, 5.74) is -12.4. The largest absolute Gasteiger partial charge is 0.480 e. The first-order valence-electron chi connectivity index (χ1n) is 7.16. The van der Waals surface area contributed by atoms with Gasteiger partial charge in [-0.3, -0.25) is 0 Å². The van der Waals surface area contributed by atoms with Crippen molar-refractivity contribution in [3.05, 3.63) is 4.13 Å². The molecule has 0 aliphatic carbocycles. The number of hydrogen-bond donors (Lipinski definition) is 0. The molecule has 0 aliphatic rings. The van der Waals surface area contributed by atoms with Crippen molar-refractivity contribution in [1.29, 1.82) is 0 Å². The molecule has 6 nitrogen and oxygen atoms in total.